The number of aromatic nitrogens is 3. The van der Waals surface area contributed by atoms with Gasteiger partial charge in [-0.05, 0) is 40.2 Å². The van der Waals surface area contributed by atoms with Crippen molar-refractivity contribution in [3.63, 3.8) is 0 Å². The molecular formula is C17H23N5O5. The summed E-state index contributed by atoms with van der Waals surface area (Å²) < 4.78 is 12.3. The van der Waals surface area contributed by atoms with Crippen molar-refractivity contribution < 1.29 is 19.2 Å². The Morgan fingerprint density at radius 2 is 2.11 bits per heavy atom. The molecule has 27 heavy (non-hydrogen) atoms. The minimum Gasteiger partial charge on any atom is -0.491 e. The van der Waals surface area contributed by atoms with E-state index in [2.05, 4.69) is 15.4 Å². The van der Waals surface area contributed by atoms with Gasteiger partial charge in [0.05, 0.1) is 17.6 Å². The van der Waals surface area contributed by atoms with Gasteiger partial charge in [-0.15, -0.1) is 0 Å². The van der Waals surface area contributed by atoms with E-state index in [-0.39, 0.29) is 12.3 Å². The largest absolute Gasteiger partial charge is 0.491 e. The molecule has 0 fully saturated rings. The fourth-order valence-corrected chi connectivity index (χ4v) is 2.14. The van der Waals surface area contributed by atoms with Gasteiger partial charge in [-0.3, -0.25) is 10.1 Å². The number of nitrogens with zero attached hydrogens (tertiary/aromatic N) is 4. The maximum atomic E-state index is 11.6. The molecule has 10 heteroatoms. The van der Waals surface area contributed by atoms with E-state index >= 15 is 0 Å². The van der Waals surface area contributed by atoms with Gasteiger partial charge < -0.3 is 14.8 Å². The maximum Gasteiger partial charge on any atom is 0.407 e. The quantitative estimate of drug-likeness (QED) is 0.447. The highest BCUT2D eigenvalue weighted by molar-refractivity contribution is 5.67. The normalized spacial score (nSPS) is 11.1. The zero-order valence-electron chi connectivity index (χ0n) is 15.8. The molecule has 0 aliphatic heterocycles. The Bertz CT molecular complexity index is 812. The molecule has 0 bridgehead atoms. The summed E-state index contributed by atoms with van der Waals surface area (Å²) in [6.45, 7) is 7.69. The summed E-state index contributed by atoms with van der Waals surface area (Å²) in [7, 11) is 0. The molecule has 2 rings (SSSR count). The number of ether oxygens (including phenoxy) is 2. The molecule has 1 N–H and O–H groups in total. The van der Waals surface area contributed by atoms with E-state index in [0.717, 1.165) is 0 Å². The lowest BCUT2D eigenvalue weighted by molar-refractivity contribution is -0.384. The number of nitrogens with one attached hydrogen (secondary N) is 1. The molecule has 2 aromatic rings. The number of aryl methyl sites for hydroxylation is 1. The molecule has 0 saturated carbocycles. The Morgan fingerprint density at radius 1 is 1.37 bits per heavy atom. The van der Waals surface area contributed by atoms with Gasteiger partial charge in [0.15, 0.2) is 5.75 Å². The summed E-state index contributed by atoms with van der Waals surface area (Å²) in [5.74, 6) is 0.882. The highest BCUT2D eigenvalue weighted by atomic mass is 16.6. The number of rotatable bonds is 7. The first-order valence-electron chi connectivity index (χ1n) is 8.42. The fraction of sp³-hybridized carbons (Fsp3) is 0.471. The van der Waals surface area contributed by atoms with E-state index in [1.54, 1.807) is 33.8 Å². The van der Waals surface area contributed by atoms with Gasteiger partial charge in [-0.25, -0.2) is 14.5 Å². The highest BCUT2D eigenvalue weighted by Gasteiger charge is 2.16. The van der Waals surface area contributed by atoms with Crippen molar-refractivity contribution >= 4 is 11.8 Å². The molecule has 0 radical (unpaired) electrons. The van der Waals surface area contributed by atoms with Crippen LogP contribution in [0.25, 0.3) is 5.69 Å². The summed E-state index contributed by atoms with van der Waals surface area (Å²) in [6, 6.07) is 4.28. The molecule has 0 saturated heterocycles. The lowest BCUT2D eigenvalue weighted by Gasteiger charge is -2.19. The summed E-state index contributed by atoms with van der Waals surface area (Å²) in [4.78, 5) is 26.2. The van der Waals surface area contributed by atoms with Gasteiger partial charge in [0.2, 0.25) is 0 Å². The van der Waals surface area contributed by atoms with Crippen molar-refractivity contribution in [2.45, 2.75) is 39.7 Å². The molecule has 1 amide bonds. The van der Waals surface area contributed by atoms with Crippen molar-refractivity contribution in [3.05, 3.63) is 40.5 Å². The van der Waals surface area contributed by atoms with Crippen molar-refractivity contribution in [3.8, 4) is 11.4 Å². The van der Waals surface area contributed by atoms with Crippen LogP contribution in [0.15, 0.2) is 24.5 Å². The van der Waals surface area contributed by atoms with Gasteiger partial charge >= 0.3 is 6.09 Å². The molecule has 0 aliphatic carbocycles. The van der Waals surface area contributed by atoms with Gasteiger partial charge in [0.25, 0.3) is 5.69 Å². The third kappa shape index (κ3) is 6.24. The van der Waals surface area contributed by atoms with Gasteiger partial charge in [-0.1, -0.05) is 0 Å². The molecule has 10 nitrogen and oxygen atoms in total. The second-order valence-electron chi connectivity index (χ2n) is 6.78. The topological polar surface area (TPSA) is 121 Å². The minimum absolute atomic E-state index is 0.0857. The zero-order chi connectivity index (χ0) is 20.0. The first-order valence-corrected chi connectivity index (χ1v) is 8.42. The monoisotopic (exact) mass is 377 g/mol. The molecule has 146 valence electrons. The minimum atomic E-state index is -0.561. The number of amides is 1. The molecule has 1 aromatic heterocycles. The van der Waals surface area contributed by atoms with Crippen LogP contribution in [0.4, 0.5) is 10.5 Å². The first-order chi connectivity index (χ1) is 12.7. The standard InChI is InChI=1S/C17H23N5O5/c1-12-19-11-21(20-12)14-7-6-13(22(24)25)10-15(14)26-9-5-8-18-16(23)27-17(2,3)4/h6-7,10-11H,5,8-9H2,1-4H3,(H,18,23). The van der Waals surface area contributed by atoms with E-state index in [4.69, 9.17) is 9.47 Å². The molecule has 0 spiro atoms. The zero-order valence-corrected chi connectivity index (χ0v) is 15.8. The second kappa shape index (κ2) is 8.47. The van der Waals surface area contributed by atoms with Crippen LogP contribution in [0.5, 0.6) is 5.75 Å². The number of carbonyl (C=O) groups excluding carboxylic acids is 1. The fourth-order valence-electron chi connectivity index (χ4n) is 2.14. The Hall–Kier alpha value is -3.17. The van der Waals surface area contributed by atoms with Crippen LogP contribution >= 0.6 is 0 Å². The lowest BCUT2D eigenvalue weighted by Crippen LogP contribution is -2.33. The highest BCUT2D eigenvalue weighted by Crippen LogP contribution is 2.27. The Morgan fingerprint density at radius 3 is 2.70 bits per heavy atom. The number of carbonyl (C=O) groups is 1. The van der Waals surface area contributed by atoms with Crippen molar-refractivity contribution in [2.24, 2.45) is 0 Å². The Balaban J connectivity index is 1.97. The summed E-state index contributed by atoms with van der Waals surface area (Å²) in [5, 5.41) is 17.9. The van der Waals surface area contributed by atoms with Gasteiger partial charge in [0.1, 0.15) is 23.4 Å². The third-order valence-electron chi connectivity index (χ3n) is 3.25. The summed E-state index contributed by atoms with van der Waals surface area (Å²) >= 11 is 0. The number of nitro groups is 1. The van der Waals surface area contributed by atoms with Crippen LogP contribution < -0.4 is 10.1 Å². The molecule has 0 aliphatic rings. The number of alkyl carbamates (subject to hydrolysis) is 1. The SMILES string of the molecule is Cc1ncn(-c2ccc([N+](=O)[O-])cc2OCCCNC(=O)OC(C)(C)C)n1. The number of benzene rings is 1. The van der Waals surface area contributed by atoms with Crippen LogP contribution in [0.2, 0.25) is 0 Å². The molecular weight excluding hydrogens is 354 g/mol. The maximum absolute atomic E-state index is 11.6. The molecule has 1 heterocycles. The first kappa shape index (κ1) is 20.1. The van der Waals surface area contributed by atoms with E-state index in [9.17, 15) is 14.9 Å². The van der Waals surface area contributed by atoms with Gasteiger partial charge in [-0.2, -0.15) is 5.10 Å². The van der Waals surface area contributed by atoms with Crippen LogP contribution in [0.3, 0.4) is 0 Å². The van der Waals surface area contributed by atoms with Gasteiger partial charge in [0, 0.05) is 12.6 Å². The average Bonchev–Trinajstić information content (AvgIpc) is 2.99. The third-order valence-corrected chi connectivity index (χ3v) is 3.25. The molecule has 0 atom stereocenters. The second-order valence-corrected chi connectivity index (χ2v) is 6.78. The van der Waals surface area contributed by atoms with Crippen molar-refractivity contribution in [2.75, 3.05) is 13.2 Å². The summed E-state index contributed by atoms with van der Waals surface area (Å²) in [5.41, 5.74) is -0.104. The predicted molar refractivity (Wildman–Crippen MR) is 97.1 cm³/mol. The molecule has 0 unspecified atom stereocenters. The number of nitro benzene ring substituents is 1. The number of non-ortho nitro benzene ring substituents is 1. The predicted octanol–water partition coefficient (Wildman–Crippen LogP) is 2.78. The number of hydrogen-bond donors (Lipinski definition) is 1. The van der Waals surface area contributed by atoms with Crippen LogP contribution in [-0.4, -0.2) is 44.5 Å². The van der Waals surface area contributed by atoms with E-state index in [1.165, 1.54) is 23.1 Å². The Labute approximate surface area is 156 Å². The average molecular weight is 377 g/mol. The van der Waals surface area contributed by atoms with E-state index < -0.39 is 16.6 Å². The van der Waals surface area contributed by atoms with Crippen LogP contribution in [0.1, 0.15) is 33.0 Å². The van der Waals surface area contributed by atoms with Crippen molar-refractivity contribution in [1.82, 2.24) is 20.1 Å². The van der Waals surface area contributed by atoms with Crippen molar-refractivity contribution in [1.29, 1.82) is 0 Å². The van der Waals surface area contributed by atoms with Crippen LogP contribution in [0, 0.1) is 17.0 Å². The Kier molecular flexibility index (Phi) is 6.32. The van der Waals surface area contributed by atoms with E-state index in [0.29, 0.717) is 30.2 Å². The number of hydrogen-bond acceptors (Lipinski definition) is 7. The summed E-state index contributed by atoms with van der Waals surface area (Å²) in [6.07, 6.45) is 1.50. The van der Waals surface area contributed by atoms with E-state index in [1.807, 2.05) is 0 Å². The lowest BCUT2D eigenvalue weighted by atomic mass is 10.2. The smallest absolute Gasteiger partial charge is 0.407 e. The molecule has 1 aromatic carbocycles. The van der Waals surface area contributed by atoms with Crippen LogP contribution in [-0.2, 0) is 4.74 Å².